The molecule has 20 heavy (non-hydrogen) atoms. The van der Waals surface area contributed by atoms with Crippen LogP contribution in [0.25, 0.3) is 5.69 Å². The van der Waals surface area contributed by atoms with Gasteiger partial charge in [0.1, 0.15) is 0 Å². The standard InChI is InChI=1S/C16H21N3O/c1-20-16-5-2-4-15(16)17-12-13-6-8-14(9-7-13)19-11-3-10-18-19/h3,6-11,15-17H,2,4-5,12H2,1H3. The molecule has 3 rings (SSSR count). The second-order valence-corrected chi connectivity index (χ2v) is 5.31. The summed E-state index contributed by atoms with van der Waals surface area (Å²) >= 11 is 0. The van der Waals surface area contributed by atoms with Gasteiger partial charge in [0.2, 0.25) is 0 Å². The van der Waals surface area contributed by atoms with E-state index in [1.54, 1.807) is 6.20 Å². The smallest absolute Gasteiger partial charge is 0.0724 e. The zero-order valence-corrected chi connectivity index (χ0v) is 11.8. The number of nitrogens with zero attached hydrogens (tertiary/aromatic N) is 2. The predicted molar refractivity (Wildman–Crippen MR) is 78.8 cm³/mol. The second kappa shape index (κ2) is 6.20. The van der Waals surface area contributed by atoms with E-state index >= 15 is 0 Å². The van der Waals surface area contributed by atoms with Crippen LogP contribution in [0.5, 0.6) is 0 Å². The highest BCUT2D eigenvalue weighted by molar-refractivity contribution is 5.33. The zero-order chi connectivity index (χ0) is 13.8. The summed E-state index contributed by atoms with van der Waals surface area (Å²) < 4.78 is 7.38. The summed E-state index contributed by atoms with van der Waals surface area (Å²) in [6.07, 6.45) is 7.76. The lowest BCUT2D eigenvalue weighted by Gasteiger charge is -2.19. The van der Waals surface area contributed by atoms with E-state index in [0.29, 0.717) is 12.1 Å². The van der Waals surface area contributed by atoms with Crippen molar-refractivity contribution in [2.24, 2.45) is 0 Å². The van der Waals surface area contributed by atoms with Crippen LogP contribution in [-0.4, -0.2) is 29.0 Å². The van der Waals surface area contributed by atoms with Gasteiger partial charge in [-0.1, -0.05) is 12.1 Å². The molecule has 2 atom stereocenters. The third-order valence-corrected chi connectivity index (χ3v) is 4.03. The van der Waals surface area contributed by atoms with Crippen molar-refractivity contribution in [2.75, 3.05) is 7.11 Å². The molecule has 0 spiro atoms. The Labute approximate surface area is 119 Å². The molecule has 1 aromatic carbocycles. The Hall–Kier alpha value is -1.65. The first-order chi connectivity index (χ1) is 9.86. The minimum Gasteiger partial charge on any atom is -0.380 e. The number of ether oxygens (including phenoxy) is 1. The maximum atomic E-state index is 5.51. The third kappa shape index (κ3) is 2.92. The Kier molecular flexibility index (Phi) is 4.14. The van der Waals surface area contributed by atoms with Crippen molar-refractivity contribution in [1.82, 2.24) is 15.1 Å². The SMILES string of the molecule is COC1CCCC1NCc1ccc(-n2cccn2)cc1. The Balaban J connectivity index is 1.58. The van der Waals surface area contributed by atoms with Crippen LogP contribution in [0, 0.1) is 0 Å². The monoisotopic (exact) mass is 271 g/mol. The summed E-state index contributed by atoms with van der Waals surface area (Å²) in [4.78, 5) is 0. The first-order valence-corrected chi connectivity index (χ1v) is 7.22. The van der Waals surface area contributed by atoms with Gasteiger partial charge in [-0.2, -0.15) is 5.10 Å². The predicted octanol–water partition coefficient (Wildman–Crippen LogP) is 2.53. The second-order valence-electron chi connectivity index (χ2n) is 5.31. The van der Waals surface area contributed by atoms with E-state index < -0.39 is 0 Å². The van der Waals surface area contributed by atoms with Crippen LogP contribution >= 0.6 is 0 Å². The molecule has 0 amide bonds. The molecule has 0 aliphatic heterocycles. The molecule has 4 heteroatoms. The van der Waals surface area contributed by atoms with Gasteiger partial charge in [0.15, 0.2) is 0 Å². The van der Waals surface area contributed by atoms with Crippen LogP contribution in [0.1, 0.15) is 24.8 Å². The van der Waals surface area contributed by atoms with Gasteiger partial charge in [0.05, 0.1) is 11.8 Å². The number of methoxy groups -OCH3 is 1. The number of nitrogens with one attached hydrogen (secondary N) is 1. The van der Waals surface area contributed by atoms with Crippen LogP contribution in [0.4, 0.5) is 0 Å². The number of hydrogen-bond acceptors (Lipinski definition) is 3. The summed E-state index contributed by atoms with van der Waals surface area (Å²) in [5.74, 6) is 0. The highest BCUT2D eigenvalue weighted by Crippen LogP contribution is 2.21. The Morgan fingerprint density at radius 3 is 2.85 bits per heavy atom. The third-order valence-electron chi connectivity index (χ3n) is 4.03. The molecular formula is C16H21N3O. The van der Waals surface area contributed by atoms with Gasteiger partial charge in [-0.3, -0.25) is 0 Å². The van der Waals surface area contributed by atoms with Crippen molar-refractivity contribution < 1.29 is 4.74 Å². The number of benzene rings is 1. The lowest BCUT2D eigenvalue weighted by Crippen LogP contribution is -2.36. The summed E-state index contributed by atoms with van der Waals surface area (Å²) in [6.45, 7) is 0.893. The fraction of sp³-hybridized carbons (Fsp3) is 0.438. The molecule has 4 nitrogen and oxygen atoms in total. The summed E-state index contributed by atoms with van der Waals surface area (Å²) in [6, 6.07) is 10.9. The normalized spacial score (nSPS) is 22.2. The molecule has 106 valence electrons. The molecule has 1 aromatic heterocycles. The van der Waals surface area contributed by atoms with Crippen molar-refractivity contribution in [2.45, 2.75) is 38.0 Å². The largest absolute Gasteiger partial charge is 0.380 e. The van der Waals surface area contributed by atoms with Crippen LogP contribution in [0.3, 0.4) is 0 Å². The van der Waals surface area contributed by atoms with E-state index in [9.17, 15) is 0 Å². The average molecular weight is 271 g/mol. The Morgan fingerprint density at radius 1 is 1.30 bits per heavy atom. The molecule has 2 unspecified atom stereocenters. The van der Waals surface area contributed by atoms with Gasteiger partial charge >= 0.3 is 0 Å². The van der Waals surface area contributed by atoms with E-state index in [4.69, 9.17) is 4.74 Å². The quantitative estimate of drug-likeness (QED) is 0.908. The molecule has 2 aromatic rings. The van der Waals surface area contributed by atoms with Crippen molar-refractivity contribution in [3.8, 4) is 5.69 Å². The van der Waals surface area contributed by atoms with Crippen LogP contribution < -0.4 is 5.32 Å². The lowest BCUT2D eigenvalue weighted by atomic mass is 10.1. The van der Waals surface area contributed by atoms with Gasteiger partial charge in [-0.15, -0.1) is 0 Å². The Morgan fingerprint density at radius 2 is 2.15 bits per heavy atom. The first-order valence-electron chi connectivity index (χ1n) is 7.22. The van der Waals surface area contributed by atoms with Crippen LogP contribution in [0.2, 0.25) is 0 Å². The minimum atomic E-state index is 0.373. The fourth-order valence-electron chi connectivity index (χ4n) is 2.88. The number of rotatable bonds is 5. The minimum absolute atomic E-state index is 0.373. The highest BCUT2D eigenvalue weighted by atomic mass is 16.5. The first kappa shape index (κ1) is 13.3. The lowest BCUT2D eigenvalue weighted by molar-refractivity contribution is 0.0847. The molecule has 1 aliphatic carbocycles. The number of hydrogen-bond donors (Lipinski definition) is 1. The topological polar surface area (TPSA) is 39.1 Å². The molecule has 1 fully saturated rings. The zero-order valence-electron chi connectivity index (χ0n) is 11.8. The van der Waals surface area contributed by atoms with E-state index in [1.165, 1.54) is 24.8 Å². The van der Waals surface area contributed by atoms with Gasteiger partial charge in [-0.25, -0.2) is 4.68 Å². The van der Waals surface area contributed by atoms with E-state index in [2.05, 4.69) is 34.7 Å². The molecule has 1 N–H and O–H groups in total. The average Bonchev–Trinajstić information content (AvgIpc) is 3.16. The maximum absolute atomic E-state index is 5.51. The summed E-state index contributed by atoms with van der Waals surface area (Å²) in [7, 11) is 1.81. The van der Waals surface area contributed by atoms with E-state index in [-0.39, 0.29) is 0 Å². The fourth-order valence-corrected chi connectivity index (χ4v) is 2.88. The van der Waals surface area contributed by atoms with Gasteiger partial charge in [-0.05, 0) is 43.0 Å². The van der Waals surface area contributed by atoms with Crippen molar-refractivity contribution in [1.29, 1.82) is 0 Å². The number of aromatic nitrogens is 2. The van der Waals surface area contributed by atoms with E-state index in [1.807, 2.05) is 24.1 Å². The van der Waals surface area contributed by atoms with Gasteiger partial charge < -0.3 is 10.1 Å². The molecule has 1 saturated carbocycles. The summed E-state index contributed by atoms with van der Waals surface area (Å²) in [5, 5.41) is 7.84. The molecule has 1 heterocycles. The van der Waals surface area contributed by atoms with Crippen LogP contribution in [-0.2, 0) is 11.3 Å². The van der Waals surface area contributed by atoms with Crippen molar-refractivity contribution in [3.05, 3.63) is 48.3 Å². The van der Waals surface area contributed by atoms with Gasteiger partial charge in [0.25, 0.3) is 0 Å². The molecule has 0 saturated heterocycles. The van der Waals surface area contributed by atoms with E-state index in [0.717, 1.165) is 12.2 Å². The van der Waals surface area contributed by atoms with Crippen LogP contribution in [0.15, 0.2) is 42.7 Å². The molecule has 0 bridgehead atoms. The van der Waals surface area contributed by atoms with Crippen molar-refractivity contribution in [3.63, 3.8) is 0 Å². The highest BCUT2D eigenvalue weighted by Gasteiger charge is 2.26. The van der Waals surface area contributed by atoms with Gasteiger partial charge in [0, 0.05) is 32.1 Å². The molecule has 0 radical (unpaired) electrons. The molecule has 1 aliphatic rings. The summed E-state index contributed by atoms with van der Waals surface area (Å²) in [5.41, 5.74) is 2.39. The molecular weight excluding hydrogens is 250 g/mol. The Bertz CT molecular complexity index is 521. The van der Waals surface area contributed by atoms with Crippen molar-refractivity contribution >= 4 is 0 Å². The maximum Gasteiger partial charge on any atom is 0.0724 e.